The van der Waals surface area contributed by atoms with Gasteiger partial charge in [0, 0.05) is 4.47 Å². The van der Waals surface area contributed by atoms with Crippen LogP contribution in [0.2, 0.25) is 0 Å². The minimum Gasteiger partial charge on any atom is -0.451 e. The Bertz CT molecular complexity index is 666. The molecule has 1 heterocycles. The Hall–Kier alpha value is -1.66. The number of nitrogens with one attached hydrogen (secondary N) is 1. The van der Waals surface area contributed by atoms with Gasteiger partial charge in [0.25, 0.3) is 5.91 Å². The topological polar surface area (TPSA) is 55.4 Å². The summed E-state index contributed by atoms with van der Waals surface area (Å²) in [5, 5.41) is 4.62. The van der Waals surface area contributed by atoms with Crippen molar-refractivity contribution in [2.24, 2.45) is 0 Å². The second-order valence-electron chi connectivity index (χ2n) is 4.85. The second-order valence-corrected chi connectivity index (χ2v) is 6.68. The van der Waals surface area contributed by atoms with Gasteiger partial charge in [-0.15, -0.1) is 11.3 Å². The number of thiophene rings is 1. The van der Waals surface area contributed by atoms with Gasteiger partial charge in [0.2, 0.25) is 0 Å². The minimum atomic E-state index is -0.459. The molecule has 22 heavy (non-hydrogen) atoms. The predicted octanol–water partition coefficient (Wildman–Crippen LogP) is 3.85. The summed E-state index contributed by atoms with van der Waals surface area (Å²) in [6.45, 7) is 3.44. The zero-order chi connectivity index (χ0) is 16.1. The van der Waals surface area contributed by atoms with Crippen LogP contribution in [0.3, 0.4) is 0 Å². The van der Waals surface area contributed by atoms with Crippen LogP contribution in [0.1, 0.15) is 33.8 Å². The van der Waals surface area contributed by atoms with Gasteiger partial charge in [-0.25, -0.2) is 4.79 Å². The standard InChI is InChI=1S/C16H16BrNO3S/c1-10-7-8-22-15(10)16(20)21-9-14(19)18-11(2)12-3-5-13(17)6-4-12/h3-8,11H,9H2,1-2H3,(H,18,19)/t11-/m1/s1. The Morgan fingerprint density at radius 1 is 1.27 bits per heavy atom. The number of esters is 1. The van der Waals surface area contributed by atoms with E-state index in [1.54, 1.807) is 0 Å². The summed E-state index contributed by atoms with van der Waals surface area (Å²) in [5.41, 5.74) is 1.84. The van der Waals surface area contributed by atoms with Crippen LogP contribution in [0.25, 0.3) is 0 Å². The molecule has 2 aromatic rings. The van der Waals surface area contributed by atoms with Crippen molar-refractivity contribution in [1.82, 2.24) is 5.32 Å². The first-order valence-electron chi connectivity index (χ1n) is 6.73. The molecular formula is C16H16BrNO3S. The lowest BCUT2D eigenvalue weighted by molar-refractivity contribution is -0.124. The van der Waals surface area contributed by atoms with E-state index in [9.17, 15) is 9.59 Å². The fraction of sp³-hybridized carbons (Fsp3) is 0.250. The Morgan fingerprint density at radius 3 is 2.55 bits per heavy atom. The molecular weight excluding hydrogens is 366 g/mol. The van der Waals surface area contributed by atoms with Gasteiger partial charge in [-0.2, -0.15) is 0 Å². The Morgan fingerprint density at radius 2 is 1.95 bits per heavy atom. The molecule has 0 bridgehead atoms. The Labute approximate surface area is 141 Å². The Kier molecular flexibility index (Phi) is 5.74. The summed E-state index contributed by atoms with van der Waals surface area (Å²) in [7, 11) is 0. The SMILES string of the molecule is Cc1ccsc1C(=O)OCC(=O)N[C@H](C)c1ccc(Br)cc1. The van der Waals surface area contributed by atoms with Crippen LogP contribution in [0.4, 0.5) is 0 Å². The number of halogens is 1. The highest BCUT2D eigenvalue weighted by Gasteiger charge is 2.15. The van der Waals surface area contributed by atoms with Crippen molar-refractivity contribution < 1.29 is 14.3 Å². The van der Waals surface area contributed by atoms with Crippen LogP contribution in [0, 0.1) is 6.92 Å². The molecule has 2 rings (SSSR count). The average molecular weight is 382 g/mol. The molecule has 4 nitrogen and oxygen atoms in total. The molecule has 1 N–H and O–H groups in total. The van der Waals surface area contributed by atoms with Crippen molar-refractivity contribution in [3.63, 3.8) is 0 Å². The van der Waals surface area contributed by atoms with Gasteiger partial charge in [-0.3, -0.25) is 4.79 Å². The molecule has 1 atom stereocenters. The lowest BCUT2D eigenvalue weighted by Gasteiger charge is -2.14. The highest BCUT2D eigenvalue weighted by molar-refractivity contribution is 9.10. The number of aryl methyl sites for hydroxylation is 1. The van der Waals surface area contributed by atoms with Gasteiger partial charge in [-0.1, -0.05) is 28.1 Å². The molecule has 1 aromatic heterocycles. The van der Waals surface area contributed by atoms with Crippen LogP contribution in [-0.4, -0.2) is 18.5 Å². The number of ether oxygens (including phenoxy) is 1. The number of hydrogen-bond acceptors (Lipinski definition) is 4. The number of hydrogen-bond donors (Lipinski definition) is 1. The Balaban J connectivity index is 1.84. The summed E-state index contributed by atoms with van der Waals surface area (Å²) in [4.78, 5) is 24.2. The first-order chi connectivity index (χ1) is 10.5. The van der Waals surface area contributed by atoms with Crippen LogP contribution in [0.5, 0.6) is 0 Å². The van der Waals surface area contributed by atoms with Crippen molar-refractivity contribution >= 4 is 39.1 Å². The number of carbonyl (C=O) groups excluding carboxylic acids is 2. The summed E-state index contributed by atoms with van der Waals surface area (Å²) < 4.78 is 6.02. The molecule has 0 radical (unpaired) electrons. The van der Waals surface area contributed by atoms with E-state index in [-0.39, 0.29) is 18.6 Å². The summed E-state index contributed by atoms with van der Waals surface area (Å²) in [5.74, 6) is -0.781. The lowest BCUT2D eigenvalue weighted by Crippen LogP contribution is -2.31. The van der Waals surface area contributed by atoms with Crippen molar-refractivity contribution in [2.45, 2.75) is 19.9 Å². The maximum atomic E-state index is 11.9. The van der Waals surface area contributed by atoms with E-state index in [4.69, 9.17) is 4.74 Å². The van der Waals surface area contributed by atoms with Crippen LogP contribution in [-0.2, 0) is 9.53 Å². The fourth-order valence-electron chi connectivity index (χ4n) is 1.90. The normalized spacial score (nSPS) is 11.8. The first kappa shape index (κ1) is 16.7. The molecule has 0 saturated carbocycles. The van der Waals surface area contributed by atoms with Crippen molar-refractivity contribution in [3.8, 4) is 0 Å². The highest BCUT2D eigenvalue weighted by atomic mass is 79.9. The van der Waals surface area contributed by atoms with Crippen LogP contribution < -0.4 is 5.32 Å². The lowest BCUT2D eigenvalue weighted by atomic mass is 10.1. The van der Waals surface area contributed by atoms with Crippen molar-refractivity contribution in [2.75, 3.05) is 6.61 Å². The van der Waals surface area contributed by atoms with Crippen LogP contribution >= 0.6 is 27.3 Å². The summed E-state index contributed by atoms with van der Waals surface area (Å²) >= 11 is 4.68. The van der Waals surface area contributed by atoms with E-state index in [2.05, 4.69) is 21.2 Å². The van der Waals surface area contributed by atoms with Crippen molar-refractivity contribution in [3.05, 3.63) is 56.2 Å². The van der Waals surface area contributed by atoms with E-state index >= 15 is 0 Å². The van der Waals surface area contributed by atoms with E-state index in [0.717, 1.165) is 15.6 Å². The van der Waals surface area contributed by atoms with Gasteiger partial charge in [0.05, 0.1) is 6.04 Å². The maximum Gasteiger partial charge on any atom is 0.349 e. The zero-order valence-electron chi connectivity index (χ0n) is 12.3. The third-order valence-corrected chi connectivity index (χ3v) is 4.65. The molecule has 116 valence electrons. The van der Waals surface area contributed by atoms with Gasteiger partial charge >= 0.3 is 5.97 Å². The smallest absolute Gasteiger partial charge is 0.349 e. The molecule has 0 aliphatic rings. The second kappa shape index (κ2) is 7.56. The quantitative estimate of drug-likeness (QED) is 0.800. The molecule has 6 heteroatoms. The van der Waals surface area contributed by atoms with E-state index in [1.165, 1.54) is 11.3 Å². The van der Waals surface area contributed by atoms with Gasteiger partial charge in [0.1, 0.15) is 4.88 Å². The van der Waals surface area contributed by atoms with Gasteiger partial charge < -0.3 is 10.1 Å². The molecule has 0 spiro atoms. The van der Waals surface area contributed by atoms with Gasteiger partial charge in [-0.05, 0) is 48.6 Å². The first-order valence-corrected chi connectivity index (χ1v) is 8.40. The molecule has 1 amide bonds. The summed E-state index contributed by atoms with van der Waals surface area (Å²) in [6.07, 6.45) is 0. The number of amides is 1. The molecule has 0 fully saturated rings. The van der Waals surface area contributed by atoms with Crippen molar-refractivity contribution in [1.29, 1.82) is 0 Å². The highest BCUT2D eigenvalue weighted by Crippen LogP contribution is 2.17. The van der Waals surface area contributed by atoms with E-state index < -0.39 is 5.97 Å². The fourth-order valence-corrected chi connectivity index (χ4v) is 2.98. The number of rotatable bonds is 5. The van der Waals surface area contributed by atoms with Gasteiger partial charge in [0.15, 0.2) is 6.61 Å². The largest absolute Gasteiger partial charge is 0.451 e. The molecule has 0 unspecified atom stereocenters. The summed E-state index contributed by atoms with van der Waals surface area (Å²) in [6, 6.07) is 9.38. The molecule has 1 aromatic carbocycles. The molecule has 0 saturated heterocycles. The number of carbonyl (C=O) groups is 2. The molecule has 0 aliphatic carbocycles. The predicted molar refractivity (Wildman–Crippen MR) is 90.0 cm³/mol. The maximum absolute atomic E-state index is 11.9. The van der Waals surface area contributed by atoms with E-state index in [1.807, 2.05) is 49.6 Å². The monoisotopic (exact) mass is 381 g/mol. The van der Waals surface area contributed by atoms with E-state index in [0.29, 0.717) is 4.88 Å². The number of benzene rings is 1. The third kappa shape index (κ3) is 4.42. The minimum absolute atomic E-state index is 0.150. The zero-order valence-corrected chi connectivity index (χ0v) is 14.7. The van der Waals surface area contributed by atoms with Crippen LogP contribution in [0.15, 0.2) is 40.2 Å². The molecule has 0 aliphatic heterocycles. The third-order valence-electron chi connectivity index (χ3n) is 3.13. The average Bonchev–Trinajstić information content (AvgIpc) is 2.91.